The van der Waals surface area contributed by atoms with Gasteiger partial charge in [0.2, 0.25) is 0 Å². The van der Waals surface area contributed by atoms with Crippen LogP contribution in [-0.4, -0.2) is 29.0 Å². The molecule has 2 N–H and O–H groups in total. The van der Waals surface area contributed by atoms with Crippen molar-refractivity contribution in [3.8, 4) is 11.3 Å². The summed E-state index contributed by atoms with van der Waals surface area (Å²) in [5, 5.41) is 16.2. The topological polar surface area (TPSA) is 111 Å². The Morgan fingerprint density at radius 1 is 1.42 bits per heavy atom. The van der Waals surface area contributed by atoms with Gasteiger partial charge in [-0.2, -0.15) is 4.73 Å². The number of amides is 1. The fraction of sp³-hybridized carbons (Fsp3) is 0.0667. The van der Waals surface area contributed by atoms with Crippen LogP contribution in [0.15, 0.2) is 42.0 Å². The maximum absolute atomic E-state index is 12.1. The van der Waals surface area contributed by atoms with Crippen molar-refractivity contribution >= 4 is 28.3 Å². The van der Waals surface area contributed by atoms with Gasteiger partial charge in [-0.3, -0.25) is 10.1 Å². The third kappa shape index (κ3) is 3.10. The van der Waals surface area contributed by atoms with Gasteiger partial charge in [-0.15, -0.1) is 11.3 Å². The zero-order chi connectivity index (χ0) is 17.1. The first-order chi connectivity index (χ1) is 11.6. The zero-order valence-electron chi connectivity index (χ0n) is 12.5. The van der Waals surface area contributed by atoms with Gasteiger partial charge in [-0.05, 0) is 12.1 Å². The Kier molecular flexibility index (Phi) is 4.25. The molecule has 8 nitrogen and oxygen atoms in total. The molecular formula is C15H12N4O4S. The molecule has 1 amide bonds. The minimum Gasteiger partial charge on any atom is -0.618 e. The number of hydrogen-bond acceptors (Lipinski definition) is 6. The number of carbonyl (C=O) groups is 2. The average Bonchev–Trinajstić information content (AvgIpc) is 3.23. The predicted octanol–water partition coefficient (Wildman–Crippen LogP) is 1.81. The standard InChI is InChI=1S/C15H12N4O4S/c1-23-14(21)10-6-9(7-16-10)11-8-24-15(17-11)18-13(20)12-4-2-3-5-19(12)22/h2-8,16H,1H3,(H,17,18,20). The largest absolute Gasteiger partial charge is 0.618 e. The van der Waals surface area contributed by atoms with Crippen molar-refractivity contribution in [3.63, 3.8) is 0 Å². The van der Waals surface area contributed by atoms with Crippen LogP contribution < -0.4 is 10.0 Å². The highest BCUT2D eigenvalue weighted by molar-refractivity contribution is 7.14. The number of hydrogen-bond donors (Lipinski definition) is 2. The SMILES string of the molecule is COC(=O)c1cc(-c2csc(NC(=O)c3cccc[n+]3[O-])n2)c[nH]1. The van der Waals surface area contributed by atoms with Crippen LogP contribution in [-0.2, 0) is 4.74 Å². The predicted molar refractivity (Wildman–Crippen MR) is 86.6 cm³/mol. The molecule has 3 aromatic heterocycles. The van der Waals surface area contributed by atoms with Crippen molar-refractivity contribution < 1.29 is 19.1 Å². The zero-order valence-corrected chi connectivity index (χ0v) is 13.3. The minimum atomic E-state index is -0.546. The maximum Gasteiger partial charge on any atom is 0.354 e. The third-order valence-corrected chi connectivity index (χ3v) is 3.92. The Bertz CT molecular complexity index is 902. The van der Waals surface area contributed by atoms with Crippen LogP contribution in [0.25, 0.3) is 11.3 Å². The Hall–Kier alpha value is -3.20. The van der Waals surface area contributed by atoms with E-state index < -0.39 is 11.9 Å². The summed E-state index contributed by atoms with van der Waals surface area (Å²) in [5.74, 6) is -1.02. The molecular weight excluding hydrogens is 332 g/mol. The molecule has 0 saturated carbocycles. The number of rotatable bonds is 4. The Morgan fingerprint density at radius 3 is 3.00 bits per heavy atom. The Labute approximate surface area is 140 Å². The fourth-order valence-corrected chi connectivity index (χ4v) is 2.71. The number of aromatic amines is 1. The molecule has 0 fully saturated rings. The van der Waals surface area contributed by atoms with Crippen molar-refractivity contribution in [2.75, 3.05) is 12.4 Å². The van der Waals surface area contributed by atoms with Crippen molar-refractivity contribution in [1.82, 2.24) is 9.97 Å². The van der Waals surface area contributed by atoms with E-state index >= 15 is 0 Å². The van der Waals surface area contributed by atoms with E-state index in [1.165, 1.54) is 36.8 Å². The second-order valence-corrected chi connectivity index (χ2v) is 5.56. The third-order valence-electron chi connectivity index (χ3n) is 3.17. The molecule has 0 aliphatic heterocycles. The van der Waals surface area contributed by atoms with Gasteiger partial charge < -0.3 is 14.9 Å². The van der Waals surface area contributed by atoms with Crippen LogP contribution in [0.3, 0.4) is 0 Å². The van der Waals surface area contributed by atoms with Crippen molar-refractivity contribution in [1.29, 1.82) is 0 Å². The summed E-state index contributed by atoms with van der Waals surface area (Å²) in [4.78, 5) is 30.6. The Morgan fingerprint density at radius 2 is 2.25 bits per heavy atom. The number of carbonyl (C=O) groups excluding carboxylic acids is 2. The minimum absolute atomic E-state index is 0.0242. The highest BCUT2D eigenvalue weighted by Gasteiger charge is 2.17. The molecule has 3 heterocycles. The smallest absolute Gasteiger partial charge is 0.354 e. The van der Waals surface area contributed by atoms with Crippen LogP contribution in [0.1, 0.15) is 21.0 Å². The summed E-state index contributed by atoms with van der Waals surface area (Å²) in [6.45, 7) is 0. The van der Waals surface area contributed by atoms with Gasteiger partial charge in [0.15, 0.2) is 11.3 Å². The molecule has 0 aliphatic rings. The number of pyridine rings is 1. The van der Waals surface area contributed by atoms with Gasteiger partial charge in [-0.25, -0.2) is 9.78 Å². The lowest BCUT2D eigenvalue weighted by molar-refractivity contribution is -0.607. The van der Waals surface area contributed by atoms with E-state index in [4.69, 9.17) is 0 Å². The summed E-state index contributed by atoms with van der Waals surface area (Å²) in [6.07, 6.45) is 2.87. The number of nitrogens with zero attached hydrogens (tertiary/aromatic N) is 2. The van der Waals surface area contributed by atoms with Gasteiger partial charge >= 0.3 is 11.9 Å². The first-order valence-corrected chi connectivity index (χ1v) is 7.68. The number of thiazole rings is 1. The van der Waals surface area contributed by atoms with Crippen LogP contribution >= 0.6 is 11.3 Å². The normalized spacial score (nSPS) is 10.4. The molecule has 24 heavy (non-hydrogen) atoms. The molecule has 0 aliphatic carbocycles. The fourth-order valence-electron chi connectivity index (χ4n) is 2.00. The average molecular weight is 344 g/mol. The first-order valence-electron chi connectivity index (χ1n) is 6.80. The molecule has 0 saturated heterocycles. The van der Waals surface area contributed by atoms with Gasteiger partial charge in [0.25, 0.3) is 5.69 Å². The number of esters is 1. The number of anilines is 1. The number of ether oxygens (including phenoxy) is 1. The molecule has 0 radical (unpaired) electrons. The Balaban J connectivity index is 1.76. The van der Waals surface area contributed by atoms with Crippen molar-refractivity contribution in [2.45, 2.75) is 0 Å². The lowest BCUT2D eigenvalue weighted by Gasteiger charge is -2.02. The van der Waals surface area contributed by atoms with E-state index in [0.29, 0.717) is 26.8 Å². The van der Waals surface area contributed by atoms with E-state index in [9.17, 15) is 14.8 Å². The molecule has 0 aromatic carbocycles. The van der Waals surface area contributed by atoms with E-state index in [0.717, 1.165) is 0 Å². The number of H-pyrrole nitrogens is 1. The number of aromatic nitrogens is 3. The molecule has 3 rings (SSSR count). The van der Waals surface area contributed by atoms with Gasteiger partial charge in [0, 0.05) is 29.3 Å². The van der Waals surface area contributed by atoms with Crippen LogP contribution in [0.4, 0.5) is 5.13 Å². The second-order valence-electron chi connectivity index (χ2n) is 4.70. The quantitative estimate of drug-likeness (QED) is 0.426. The lowest BCUT2D eigenvalue weighted by Crippen LogP contribution is -2.36. The molecule has 3 aromatic rings. The number of methoxy groups -OCH3 is 1. The summed E-state index contributed by atoms with van der Waals surface area (Å²) >= 11 is 1.21. The van der Waals surface area contributed by atoms with Crippen LogP contribution in [0, 0.1) is 5.21 Å². The van der Waals surface area contributed by atoms with Crippen LogP contribution in [0.5, 0.6) is 0 Å². The maximum atomic E-state index is 12.1. The van der Waals surface area contributed by atoms with Crippen LogP contribution in [0.2, 0.25) is 0 Å². The second kappa shape index (κ2) is 6.50. The van der Waals surface area contributed by atoms with E-state index in [-0.39, 0.29) is 5.69 Å². The molecule has 0 atom stereocenters. The molecule has 122 valence electrons. The summed E-state index contributed by atoms with van der Waals surface area (Å²) in [6, 6.07) is 6.17. The summed E-state index contributed by atoms with van der Waals surface area (Å²) < 4.78 is 5.11. The molecule has 0 bridgehead atoms. The van der Waals surface area contributed by atoms with Crippen molar-refractivity contribution in [2.24, 2.45) is 0 Å². The first kappa shape index (κ1) is 15.7. The van der Waals surface area contributed by atoms with Gasteiger partial charge in [-0.1, -0.05) is 0 Å². The molecule has 0 unspecified atom stereocenters. The highest BCUT2D eigenvalue weighted by atomic mass is 32.1. The lowest BCUT2D eigenvalue weighted by atomic mass is 10.2. The highest BCUT2D eigenvalue weighted by Crippen LogP contribution is 2.25. The summed E-state index contributed by atoms with van der Waals surface area (Å²) in [5.41, 5.74) is 1.56. The monoisotopic (exact) mass is 344 g/mol. The molecule has 9 heteroatoms. The van der Waals surface area contributed by atoms with Gasteiger partial charge in [0.05, 0.1) is 12.8 Å². The van der Waals surface area contributed by atoms with E-state index in [1.807, 2.05) is 0 Å². The van der Waals surface area contributed by atoms with Gasteiger partial charge in [0.1, 0.15) is 5.69 Å². The van der Waals surface area contributed by atoms with E-state index in [2.05, 4.69) is 20.0 Å². The number of nitrogens with one attached hydrogen (secondary N) is 2. The summed E-state index contributed by atoms with van der Waals surface area (Å²) in [7, 11) is 1.30. The van der Waals surface area contributed by atoms with Crippen molar-refractivity contribution in [3.05, 3.63) is 58.6 Å². The molecule has 0 spiro atoms. The van der Waals surface area contributed by atoms with E-state index in [1.54, 1.807) is 23.7 Å².